The van der Waals surface area contributed by atoms with E-state index in [2.05, 4.69) is 35.8 Å². The Morgan fingerprint density at radius 3 is 2.59 bits per heavy atom. The van der Waals surface area contributed by atoms with Gasteiger partial charge in [0.1, 0.15) is 5.69 Å². The average Bonchev–Trinajstić information content (AvgIpc) is 3.64. The van der Waals surface area contributed by atoms with Crippen LogP contribution in [0.25, 0.3) is 17.1 Å². The molecule has 3 aromatic carbocycles. The molecular formula is C28H23N9O7. The lowest BCUT2D eigenvalue weighted by atomic mass is 10.1. The van der Waals surface area contributed by atoms with E-state index in [4.69, 9.17) is 15.2 Å². The highest BCUT2D eigenvalue weighted by atomic mass is 16.6. The lowest BCUT2D eigenvalue weighted by molar-refractivity contribution is -0.385. The molecule has 5 aromatic rings. The molecule has 3 N–H and O–H groups in total. The van der Waals surface area contributed by atoms with Crippen LogP contribution >= 0.6 is 0 Å². The van der Waals surface area contributed by atoms with Crippen molar-refractivity contribution in [2.75, 3.05) is 12.3 Å². The van der Waals surface area contributed by atoms with E-state index >= 15 is 0 Å². The van der Waals surface area contributed by atoms with Gasteiger partial charge in [0.25, 0.3) is 11.6 Å². The van der Waals surface area contributed by atoms with Gasteiger partial charge >= 0.3 is 5.97 Å². The van der Waals surface area contributed by atoms with Crippen LogP contribution < -0.4 is 20.6 Å². The Bertz CT molecular complexity index is 1880. The van der Waals surface area contributed by atoms with Crippen LogP contribution in [0.2, 0.25) is 0 Å². The van der Waals surface area contributed by atoms with E-state index in [1.165, 1.54) is 37.4 Å². The molecule has 16 nitrogen and oxygen atoms in total. The van der Waals surface area contributed by atoms with Crippen molar-refractivity contribution in [2.45, 2.75) is 13.8 Å². The fourth-order valence-electron chi connectivity index (χ4n) is 4.08. The van der Waals surface area contributed by atoms with E-state index in [9.17, 15) is 19.7 Å². The van der Waals surface area contributed by atoms with Gasteiger partial charge in [-0.05, 0) is 60.1 Å². The van der Waals surface area contributed by atoms with Crippen molar-refractivity contribution in [3.05, 3.63) is 99.2 Å². The predicted octanol–water partition coefficient (Wildman–Crippen LogP) is 3.50. The number of esters is 1. The van der Waals surface area contributed by atoms with E-state index in [1.54, 1.807) is 43.3 Å². The van der Waals surface area contributed by atoms with Gasteiger partial charge in [-0.2, -0.15) is 9.78 Å². The second-order valence-corrected chi connectivity index (χ2v) is 9.02. The molecule has 2 heterocycles. The molecule has 0 radical (unpaired) electrons. The van der Waals surface area contributed by atoms with Crippen LogP contribution in [-0.2, 0) is 0 Å². The lowest BCUT2D eigenvalue weighted by Crippen LogP contribution is -2.22. The standard InChI is InChI=1S/C28H23N9O7/c1-3-42-22-14-17(9-12-21(22)43-28(39)19-10-11-20(37(40)41)16(2)13-19)15-30-32-27(38)24-23(18-7-5-4-6-8-18)31-35-36(24)26-25(29)33-44-34-26/h4-15H,3H2,1-2H3,(H2,29,33)(H,32,38)/b30-15+. The highest BCUT2D eigenvalue weighted by Gasteiger charge is 2.26. The monoisotopic (exact) mass is 597 g/mol. The van der Waals surface area contributed by atoms with Crippen molar-refractivity contribution in [1.82, 2.24) is 30.7 Å². The van der Waals surface area contributed by atoms with Crippen LogP contribution in [0.15, 0.2) is 76.5 Å². The van der Waals surface area contributed by atoms with E-state index in [1.807, 2.05) is 6.07 Å². The number of nitro groups is 1. The van der Waals surface area contributed by atoms with Gasteiger partial charge in [0.05, 0.1) is 23.3 Å². The molecule has 44 heavy (non-hydrogen) atoms. The average molecular weight is 598 g/mol. The molecule has 0 saturated carbocycles. The third-order valence-electron chi connectivity index (χ3n) is 6.11. The van der Waals surface area contributed by atoms with Gasteiger partial charge in [0.2, 0.25) is 11.6 Å². The third kappa shape index (κ3) is 6.08. The van der Waals surface area contributed by atoms with E-state index in [-0.39, 0.29) is 52.4 Å². The Morgan fingerprint density at radius 2 is 1.91 bits per heavy atom. The van der Waals surface area contributed by atoms with Gasteiger partial charge in [-0.15, -0.1) is 5.10 Å². The summed E-state index contributed by atoms with van der Waals surface area (Å²) >= 11 is 0. The molecular weight excluding hydrogens is 574 g/mol. The maximum Gasteiger partial charge on any atom is 0.343 e. The number of carbonyl (C=O) groups is 2. The number of hydrogen-bond acceptors (Lipinski definition) is 13. The first-order valence-corrected chi connectivity index (χ1v) is 12.9. The quantitative estimate of drug-likeness (QED) is 0.0777. The zero-order chi connectivity index (χ0) is 31.2. The van der Waals surface area contributed by atoms with Crippen molar-refractivity contribution < 1.29 is 28.6 Å². The molecule has 0 aliphatic rings. The van der Waals surface area contributed by atoms with Crippen LogP contribution in [0.1, 0.15) is 38.9 Å². The molecule has 0 saturated heterocycles. The summed E-state index contributed by atoms with van der Waals surface area (Å²) in [6.45, 7) is 3.55. The minimum absolute atomic E-state index is 0.0190. The van der Waals surface area contributed by atoms with E-state index < -0.39 is 16.8 Å². The highest BCUT2D eigenvalue weighted by molar-refractivity contribution is 5.99. The molecule has 0 aliphatic heterocycles. The Labute approximate surface area is 248 Å². The van der Waals surface area contributed by atoms with Crippen molar-refractivity contribution in [3.63, 3.8) is 0 Å². The number of anilines is 1. The topological polar surface area (TPSA) is 216 Å². The Kier molecular flexibility index (Phi) is 8.32. The Hall–Kier alpha value is -6.45. The van der Waals surface area contributed by atoms with Gasteiger partial charge in [0.15, 0.2) is 17.2 Å². The number of aromatic nitrogens is 5. The van der Waals surface area contributed by atoms with Gasteiger partial charge in [-0.1, -0.05) is 35.5 Å². The molecule has 2 aromatic heterocycles. The number of hydrogen-bond donors (Lipinski definition) is 2. The third-order valence-corrected chi connectivity index (χ3v) is 6.11. The van der Waals surface area contributed by atoms with Crippen LogP contribution in [0.3, 0.4) is 0 Å². The van der Waals surface area contributed by atoms with Crippen molar-refractivity contribution >= 4 is 29.6 Å². The summed E-state index contributed by atoms with van der Waals surface area (Å²) in [6, 6.07) is 17.5. The zero-order valence-corrected chi connectivity index (χ0v) is 23.2. The number of nitrogens with two attached hydrogens (primary N) is 1. The Balaban J connectivity index is 1.35. The van der Waals surface area contributed by atoms with Gasteiger partial charge < -0.3 is 15.2 Å². The number of hydrazone groups is 1. The van der Waals surface area contributed by atoms with E-state index in [0.717, 1.165) is 4.68 Å². The normalized spacial score (nSPS) is 11.0. The number of carbonyl (C=O) groups excluding carboxylic acids is 2. The van der Waals surface area contributed by atoms with Crippen molar-refractivity contribution in [3.8, 4) is 28.6 Å². The summed E-state index contributed by atoms with van der Waals surface area (Å²) in [5, 5.41) is 30.5. The molecule has 0 atom stereocenters. The van der Waals surface area contributed by atoms with Gasteiger partial charge in [-0.25, -0.2) is 14.8 Å². The smallest absolute Gasteiger partial charge is 0.343 e. The first kappa shape index (κ1) is 29.1. The van der Waals surface area contributed by atoms with Crippen LogP contribution in [0.5, 0.6) is 11.5 Å². The maximum atomic E-state index is 13.3. The number of amides is 1. The summed E-state index contributed by atoms with van der Waals surface area (Å²) in [7, 11) is 0. The van der Waals surface area contributed by atoms with Gasteiger partial charge in [-0.3, -0.25) is 14.9 Å². The van der Waals surface area contributed by atoms with Crippen LogP contribution in [0, 0.1) is 17.0 Å². The number of nitrogens with zero attached hydrogens (tertiary/aromatic N) is 7. The minimum Gasteiger partial charge on any atom is -0.490 e. The summed E-state index contributed by atoms with van der Waals surface area (Å²) in [5.74, 6) is -1.17. The molecule has 0 fully saturated rings. The highest BCUT2D eigenvalue weighted by Crippen LogP contribution is 2.30. The molecule has 0 bridgehead atoms. The maximum absolute atomic E-state index is 13.3. The summed E-state index contributed by atoms with van der Waals surface area (Å²) in [6.07, 6.45) is 1.36. The second-order valence-electron chi connectivity index (χ2n) is 9.02. The summed E-state index contributed by atoms with van der Waals surface area (Å²) < 4.78 is 16.9. The SMILES string of the molecule is CCOc1cc(/C=N/NC(=O)c2c(-c3ccccc3)nnn2-c2nonc2N)ccc1OC(=O)c1ccc([N+](=O)[O-])c(C)c1. The number of nitro benzene ring substituents is 1. The molecule has 0 aliphatic carbocycles. The predicted molar refractivity (Wildman–Crippen MR) is 155 cm³/mol. The van der Waals surface area contributed by atoms with Crippen molar-refractivity contribution in [2.24, 2.45) is 5.10 Å². The number of nitrogens with one attached hydrogen (secondary N) is 1. The Morgan fingerprint density at radius 1 is 1.11 bits per heavy atom. The summed E-state index contributed by atoms with van der Waals surface area (Å²) in [5.41, 5.74) is 9.94. The molecule has 1 amide bonds. The first-order chi connectivity index (χ1) is 21.3. The number of nitrogen functional groups attached to an aromatic ring is 1. The second kappa shape index (κ2) is 12.6. The molecule has 0 spiro atoms. The van der Waals surface area contributed by atoms with E-state index in [0.29, 0.717) is 16.7 Å². The van der Waals surface area contributed by atoms with Crippen LogP contribution in [-0.4, -0.2) is 54.9 Å². The fourth-order valence-corrected chi connectivity index (χ4v) is 4.08. The van der Waals surface area contributed by atoms with Crippen LogP contribution in [0.4, 0.5) is 11.5 Å². The number of ether oxygens (including phenoxy) is 2. The van der Waals surface area contributed by atoms with Crippen molar-refractivity contribution in [1.29, 1.82) is 0 Å². The molecule has 16 heteroatoms. The number of rotatable bonds is 10. The minimum atomic E-state index is -0.722. The molecule has 5 rings (SSSR count). The largest absolute Gasteiger partial charge is 0.490 e. The van der Waals surface area contributed by atoms with Gasteiger partial charge in [0, 0.05) is 17.2 Å². The molecule has 0 unspecified atom stereocenters. The summed E-state index contributed by atoms with van der Waals surface area (Å²) in [4.78, 5) is 36.6. The molecule has 222 valence electrons. The number of aryl methyl sites for hydroxylation is 1. The first-order valence-electron chi connectivity index (χ1n) is 12.9. The zero-order valence-electron chi connectivity index (χ0n) is 23.2. The lowest BCUT2D eigenvalue weighted by Gasteiger charge is -2.11. The number of benzene rings is 3. The fraction of sp³-hybridized carbons (Fsp3) is 0.107.